The van der Waals surface area contributed by atoms with E-state index in [1.807, 2.05) is 0 Å². The van der Waals surface area contributed by atoms with Crippen molar-refractivity contribution in [1.82, 2.24) is 0 Å². The predicted molar refractivity (Wildman–Crippen MR) is 29.0 cm³/mol. The van der Waals surface area contributed by atoms with E-state index in [9.17, 15) is 0 Å². The molecule has 0 rings (SSSR count). The zero-order valence-corrected chi connectivity index (χ0v) is 4.22. The molecule has 2 heteroatoms. The van der Waals surface area contributed by atoms with Crippen molar-refractivity contribution in [3.8, 4) is 12.3 Å². The van der Waals surface area contributed by atoms with Gasteiger partial charge in [-0.2, -0.15) is 0 Å². The van der Waals surface area contributed by atoms with Crippen LogP contribution >= 0.6 is 0 Å². The van der Waals surface area contributed by atoms with Crippen molar-refractivity contribution in [2.24, 2.45) is 5.16 Å². The van der Waals surface area contributed by atoms with Crippen molar-refractivity contribution in [1.29, 1.82) is 0 Å². The molecule has 0 saturated carbocycles. The van der Waals surface area contributed by atoms with Gasteiger partial charge in [-0.05, 0) is 6.92 Å². The van der Waals surface area contributed by atoms with Gasteiger partial charge in [0.1, 0.15) is 0 Å². The largest absolute Gasteiger partial charge is 0.383 e. The Kier molecular flexibility index (Phi) is 4.33. The molecule has 0 spiro atoms. The Labute approximate surface area is 43.2 Å². The fourth-order valence-corrected chi connectivity index (χ4v) is 0.149. The predicted octanol–water partition coefficient (Wildman–Crippen LogP) is 0.642. The van der Waals surface area contributed by atoms with Crippen LogP contribution in [0, 0.1) is 12.3 Å². The van der Waals surface area contributed by atoms with Crippen molar-refractivity contribution in [2.75, 3.05) is 6.61 Å². The summed E-state index contributed by atoms with van der Waals surface area (Å²) in [6.07, 6.45) is 6.36. The van der Waals surface area contributed by atoms with E-state index in [0.29, 0.717) is 0 Å². The van der Waals surface area contributed by atoms with Gasteiger partial charge in [0.15, 0.2) is 6.61 Å². The molecule has 0 radical (unpaired) electrons. The van der Waals surface area contributed by atoms with E-state index in [-0.39, 0.29) is 6.61 Å². The number of nitrogens with zero attached hydrogens (tertiary/aromatic N) is 1. The Morgan fingerprint density at radius 1 is 2.00 bits per heavy atom. The highest BCUT2D eigenvalue weighted by Crippen LogP contribution is 1.68. The fourth-order valence-electron chi connectivity index (χ4n) is 0.149. The van der Waals surface area contributed by atoms with E-state index >= 15 is 0 Å². The summed E-state index contributed by atoms with van der Waals surface area (Å²) in [5.41, 5.74) is 0. The van der Waals surface area contributed by atoms with Crippen LogP contribution < -0.4 is 0 Å². The second-order valence-electron chi connectivity index (χ2n) is 0.841. The summed E-state index contributed by atoms with van der Waals surface area (Å²) in [6.45, 7) is 2.01. The highest BCUT2D eigenvalue weighted by molar-refractivity contribution is 5.52. The number of hydrogen-bond donors (Lipinski definition) is 0. The van der Waals surface area contributed by atoms with Crippen molar-refractivity contribution in [3.63, 3.8) is 0 Å². The van der Waals surface area contributed by atoms with Crippen molar-refractivity contribution in [3.05, 3.63) is 0 Å². The average molecular weight is 97.1 g/mol. The van der Waals surface area contributed by atoms with Crippen molar-refractivity contribution >= 4 is 6.21 Å². The second-order valence-corrected chi connectivity index (χ2v) is 0.841. The Hall–Kier alpha value is -0.970. The normalized spacial score (nSPS) is 8.57. The topological polar surface area (TPSA) is 21.6 Å². The SMILES string of the molecule is C#CCO/N=C\C. The van der Waals surface area contributed by atoms with Crippen LogP contribution in [0.5, 0.6) is 0 Å². The molecular formula is C5H7NO. The Morgan fingerprint density at radius 3 is 3.14 bits per heavy atom. The van der Waals surface area contributed by atoms with Crippen LogP contribution in [0.1, 0.15) is 6.92 Å². The van der Waals surface area contributed by atoms with Gasteiger partial charge >= 0.3 is 0 Å². The maximum atomic E-state index is 4.82. The average Bonchev–Trinajstić information content (AvgIpc) is 1.69. The minimum atomic E-state index is 0.254. The quantitative estimate of drug-likeness (QED) is 0.214. The van der Waals surface area contributed by atoms with Crippen LogP contribution in [0.4, 0.5) is 0 Å². The van der Waals surface area contributed by atoms with E-state index in [2.05, 4.69) is 15.9 Å². The molecule has 38 valence electrons. The van der Waals surface area contributed by atoms with Gasteiger partial charge < -0.3 is 4.84 Å². The van der Waals surface area contributed by atoms with Crippen LogP contribution in [0.15, 0.2) is 5.16 Å². The zero-order valence-electron chi connectivity index (χ0n) is 4.22. The minimum absolute atomic E-state index is 0.254. The summed E-state index contributed by atoms with van der Waals surface area (Å²) in [5.74, 6) is 2.27. The molecule has 0 N–H and O–H groups in total. The third kappa shape index (κ3) is 5.03. The van der Waals surface area contributed by atoms with Crippen LogP contribution in [0.2, 0.25) is 0 Å². The van der Waals surface area contributed by atoms with Gasteiger partial charge in [-0.15, -0.1) is 6.42 Å². The first kappa shape index (κ1) is 6.03. The van der Waals surface area contributed by atoms with Gasteiger partial charge in [-0.1, -0.05) is 11.1 Å². The maximum absolute atomic E-state index is 4.82. The molecule has 0 aliphatic rings. The third-order valence-electron chi connectivity index (χ3n) is 0.328. The lowest BCUT2D eigenvalue weighted by Crippen LogP contribution is -1.79. The first-order valence-electron chi connectivity index (χ1n) is 1.95. The monoisotopic (exact) mass is 97.1 g/mol. The number of hydrogen-bond acceptors (Lipinski definition) is 2. The molecule has 0 atom stereocenters. The summed E-state index contributed by atoms with van der Waals surface area (Å²) in [7, 11) is 0. The highest BCUT2D eigenvalue weighted by Gasteiger charge is 1.65. The summed E-state index contributed by atoms with van der Waals surface area (Å²) < 4.78 is 0. The molecule has 0 amide bonds. The number of rotatable bonds is 2. The molecule has 0 aliphatic carbocycles. The van der Waals surface area contributed by atoms with Gasteiger partial charge in [0, 0.05) is 6.21 Å². The van der Waals surface area contributed by atoms with Gasteiger partial charge in [0.05, 0.1) is 0 Å². The third-order valence-corrected chi connectivity index (χ3v) is 0.328. The van der Waals surface area contributed by atoms with Crippen LogP contribution in [-0.4, -0.2) is 12.8 Å². The lowest BCUT2D eigenvalue weighted by molar-refractivity contribution is 0.181. The van der Waals surface area contributed by atoms with Crippen molar-refractivity contribution < 1.29 is 4.84 Å². The summed E-state index contributed by atoms with van der Waals surface area (Å²) in [5, 5.41) is 3.39. The standard InChI is InChI=1S/C5H7NO/c1-3-5-7-6-4-2/h1,4H,5H2,2H3/b6-4-. The Bertz CT molecular complexity index is 90.7. The van der Waals surface area contributed by atoms with Crippen LogP contribution in [0.25, 0.3) is 0 Å². The van der Waals surface area contributed by atoms with Crippen molar-refractivity contribution in [2.45, 2.75) is 6.92 Å². The summed E-state index contributed by atoms with van der Waals surface area (Å²) in [6, 6.07) is 0. The molecule has 0 saturated heterocycles. The molecule has 0 aromatic carbocycles. The van der Waals surface area contributed by atoms with E-state index in [1.165, 1.54) is 6.21 Å². The highest BCUT2D eigenvalue weighted by atomic mass is 16.6. The van der Waals surface area contributed by atoms with Gasteiger partial charge in [-0.25, -0.2) is 0 Å². The van der Waals surface area contributed by atoms with Crippen LogP contribution in [0.3, 0.4) is 0 Å². The molecule has 0 unspecified atom stereocenters. The molecule has 0 bridgehead atoms. The molecule has 0 aromatic heterocycles. The molecule has 0 aliphatic heterocycles. The van der Waals surface area contributed by atoms with Crippen LogP contribution in [-0.2, 0) is 4.84 Å². The van der Waals surface area contributed by atoms with E-state index in [1.54, 1.807) is 6.92 Å². The molecule has 0 aromatic rings. The van der Waals surface area contributed by atoms with Gasteiger partial charge in [-0.3, -0.25) is 0 Å². The molecule has 2 nitrogen and oxygen atoms in total. The summed E-state index contributed by atoms with van der Waals surface area (Å²) >= 11 is 0. The smallest absolute Gasteiger partial charge is 0.177 e. The molecule has 0 fully saturated rings. The van der Waals surface area contributed by atoms with E-state index < -0.39 is 0 Å². The molecule has 0 heterocycles. The fraction of sp³-hybridized carbons (Fsp3) is 0.400. The first-order valence-corrected chi connectivity index (χ1v) is 1.95. The Balaban J connectivity index is 2.87. The Morgan fingerprint density at radius 2 is 2.71 bits per heavy atom. The van der Waals surface area contributed by atoms with E-state index in [4.69, 9.17) is 6.42 Å². The summed E-state index contributed by atoms with van der Waals surface area (Å²) in [4.78, 5) is 4.47. The minimum Gasteiger partial charge on any atom is -0.383 e. The molecule has 7 heavy (non-hydrogen) atoms. The zero-order chi connectivity index (χ0) is 5.54. The number of oxime groups is 1. The lowest BCUT2D eigenvalue weighted by atomic mass is 10.8. The lowest BCUT2D eigenvalue weighted by Gasteiger charge is -1.84. The first-order chi connectivity index (χ1) is 3.41. The maximum Gasteiger partial charge on any atom is 0.177 e. The van der Waals surface area contributed by atoms with E-state index in [0.717, 1.165) is 0 Å². The molecular weight excluding hydrogens is 90.1 g/mol. The van der Waals surface area contributed by atoms with Gasteiger partial charge in [0.25, 0.3) is 0 Å². The second kappa shape index (κ2) is 5.03. The van der Waals surface area contributed by atoms with Gasteiger partial charge in [0.2, 0.25) is 0 Å². The number of terminal acetylenes is 1.